The van der Waals surface area contributed by atoms with Crippen molar-refractivity contribution in [3.8, 4) is 0 Å². The van der Waals surface area contributed by atoms with E-state index in [1.54, 1.807) is 5.56 Å². The maximum absolute atomic E-state index is 3.57. The molecule has 0 aliphatic rings. The zero-order valence-electron chi connectivity index (χ0n) is 12.3. The first kappa shape index (κ1) is 14.2. The quantitative estimate of drug-likeness (QED) is 0.814. The average molecular weight is 233 g/mol. The average Bonchev–Trinajstić information content (AvgIpc) is 2.30. The fourth-order valence-corrected chi connectivity index (χ4v) is 2.50. The van der Waals surface area contributed by atoms with Crippen molar-refractivity contribution in [2.24, 2.45) is 0 Å². The summed E-state index contributed by atoms with van der Waals surface area (Å²) in [5, 5.41) is 3.57. The van der Waals surface area contributed by atoms with E-state index >= 15 is 0 Å². The predicted molar refractivity (Wildman–Crippen MR) is 76.8 cm³/mol. The Bertz CT molecular complexity index is 353. The van der Waals surface area contributed by atoms with Crippen LogP contribution in [0.4, 0.5) is 0 Å². The van der Waals surface area contributed by atoms with Gasteiger partial charge in [0, 0.05) is 6.04 Å². The summed E-state index contributed by atoms with van der Waals surface area (Å²) >= 11 is 0. The van der Waals surface area contributed by atoms with Gasteiger partial charge in [-0.05, 0) is 74.9 Å². The molecule has 1 nitrogen and oxygen atoms in total. The summed E-state index contributed by atoms with van der Waals surface area (Å²) in [6.45, 7) is 14.5. The summed E-state index contributed by atoms with van der Waals surface area (Å²) in [5.74, 6) is 0. The van der Waals surface area contributed by atoms with Crippen molar-refractivity contribution in [1.82, 2.24) is 5.32 Å². The zero-order chi connectivity index (χ0) is 13.0. The number of nitrogens with one attached hydrogen (secondary N) is 1. The fraction of sp³-hybridized carbons (Fsp3) is 0.625. The highest BCUT2D eigenvalue weighted by molar-refractivity contribution is 5.44. The monoisotopic (exact) mass is 233 g/mol. The van der Waals surface area contributed by atoms with Gasteiger partial charge in [-0.3, -0.25) is 0 Å². The fourth-order valence-electron chi connectivity index (χ4n) is 2.50. The van der Waals surface area contributed by atoms with Gasteiger partial charge < -0.3 is 5.32 Å². The van der Waals surface area contributed by atoms with E-state index in [0.29, 0.717) is 6.04 Å². The van der Waals surface area contributed by atoms with Crippen LogP contribution in [0.15, 0.2) is 6.07 Å². The normalized spacial score (nSPS) is 12.8. The van der Waals surface area contributed by atoms with Crippen LogP contribution in [0.3, 0.4) is 0 Å². The van der Waals surface area contributed by atoms with Crippen LogP contribution in [0.2, 0.25) is 0 Å². The summed E-state index contributed by atoms with van der Waals surface area (Å²) in [6, 6.07) is 2.92. The minimum atomic E-state index is 0.610. The lowest BCUT2D eigenvalue weighted by Gasteiger charge is -2.21. The molecule has 1 N–H and O–H groups in total. The highest BCUT2D eigenvalue weighted by Crippen LogP contribution is 2.23. The molecule has 0 heterocycles. The molecule has 1 rings (SSSR count). The lowest BCUT2D eigenvalue weighted by atomic mass is 9.89. The Kier molecular flexibility index (Phi) is 5.20. The Morgan fingerprint density at radius 2 is 1.53 bits per heavy atom. The highest BCUT2D eigenvalue weighted by atomic mass is 14.9. The Labute approximate surface area is 107 Å². The highest BCUT2D eigenvalue weighted by Gasteiger charge is 2.12. The smallest absolute Gasteiger partial charge is 0.0105 e. The van der Waals surface area contributed by atoms with E-state index in [1.165, 1.54) is 28.7 Å². The summed E-state index contributed by atoms with van der Waals surface area (Å²) in [7, 11) is 0. The molecule has 96 valence electrons. The third kappa shape index (κ3) is 3.32. The maximum atomic E-state index is 3.57. The third-order valence-corrected chi connectivity index (χ3v) is 3.96. The molecular weight excluding hydrogens is 206 g/mol. The van der Waals surface area contributed by atoms with Crippen LogP contribution in [0.5, 0.6) is 0 Å². The van der Waals surface area contributed by atoms with Gasteiger partial charge >= 0.3 is 0 Å². The number of benzene rings is 1. The first-order chi connectivity index (χ1) is 8.01. The Balaban J connectivity index is 3.04. The second-order valence-electron chi connectivity index (χ2n) is 5.11. The summed E-state index contributed by atoms with van der Waals surface area (Å²) in [4.78, 5) is 0. The van der Waals surface area contributed by atoms with E-state index in [4.69, 9.17) is 0 Å². The molecule has 1 heteroatoms. The molecule has 0 bridgehead atoms. The van der Waals surface area contributed by atoms with Crippen LogP contribution in [-0.4, -0.2) is 12.6 Å². The van der Waals surface area contributed by atoms with Gasteiger partial charge in [-0.1, -0.05) is 19.9 Å². The van der Waals surface area contributed by atoms with Crippen molar-refractivity contribution >= 4 is 0 Å². The van der Waals surface area contributed by atoms with Gasteiger partial charge in [0.15, 0.2) is 0 Å². The van der Waals surface area contributed by atoms with Crippen LogP contribution in [0, 0.1) is 27.7 Å². The van der Waals surface area contributed by atoms with Crippen molar-refractivity contribution in [3.63, 3.8) is 0 Å². The van der Waals surface area contributed by atoms with E-state index in [9.17, 15) is 0 Å². The first-order valence-electron chi connectivity index (χ1n) is 6.80. The molecule has 0 radical (unpaired) electrons. The van der Waals surface area contributed by atoms with Gasteiger partial charge in [0.2, 0.25) is 0 Å². The van der Waals surface area contributed by atoms with Crippen LogP contribution < -0.4 is 5.32 Å². The number of aryl methyl sites for hydroxylation is 2. The first-order valence-corrected chi connectivity index (χ1v) is 6.80. The molecular formula is C16H27N. The van der Waals surface area contributed by atoms with Crippen molar-refractivity contribution in [1.29, 1.82) is 0 Å². The molecule has 0 aliphatic heterocycles. The Hall–Kier alpha value is -0.820. The van der Waals surface area contributed by atoms with Gasteiger partial charge in [-0.25, -0.2) is 0 Å². The van der Waals surface area contributed by atoms with E-state index < -0.39 is 0 Å². The lowest BCUT2D eigenvalue weighted by Crippen LogP contribution is -2.30. The molecule has 1 atom stereocenters. The molecule has 0 aromatic heterocycles. The number of hydrogen-bond donors (Lipinski definition) is 1. The Morgan fingerprint density at radius 1 is 1.00 bits per heavy atom. The van der Waals surface area contributed by atoms with Crippen LogP contribution >= 0.6 is 0 Å². The minimum Gasteiger partial charge on any atom is -0.314 e. The molecule has 1 unspecified atom stereocenters. The minimum absolute atomic E-state index is 0.610. The maximum Gasteiger partial charge on any atom is 0.0105 e. The van der Waals surface area contributed by atoms with Gasteiger partial charge in [0.05, 0.1) is 0 Å². The number of rotatable bonds is 5. The lowest BCUT2D eigenvalue weighted by molar-refractivity contribution is 0.508. The van der Waals surface area contributed by atoms with E-state index in [-0.39, 0.29) is 0 Å². The second kappa shape index (κ2) is 6.20. The van der Waals surface area contributed by atoms with E-state index in [1.807, 2.05) is 0 Å². The van der Waals surface area contributed by atoms with Crippen molar-refractivity contribution in [2.75, 3.05) is 6.54 Å². The molecule has 1 aromatic rings. The van der Waals surface area contributed by atoms with Crippen molar-refractivity contribution in [2.45, 2.75) is 60.4 Å². The number of likely N-dealkylation sites (N-methyl/N-ethyl adjacent to an activating group) is 1. The Morgan fingerprint density at radius 3 is 1.94 bits per heavy atom. The third-order valence-electron chi connectivity index (χ3n) is 3.96. The molecule has 0 aliphatic carbocycles. The second-order valence-corrected chi connectivity index (χ2v) is 5.11. The van der Waals surface area contributed by atoms with Crippen molar-refractivity contribution in [3.05, 3.63) is 33.9 Å². The summed E-state index contributed by atoms with van der Waals surface area (Å²) in [6.07, 6.45) is 2.35. The van der Waals surface area contributed by atoms with Crippen LogP contribution in [0.1, 0.15) is 48.1 Å². The van der Waals surface area contributed by atoms with E-state index in [0.717, 1.165) is 13.0 Å². The molecule has 0 saturated heterocycles. The molecule has 0 spiro atoms. The molecule has 0 saturated carbocycles. The predicted octanol–water partition coefficient (Wildman–Crippen LogP) is 3.85. The van der Waals surface area contributed by atoms with Crippen LogP contribution in [-0.2, 0) is 6.42 Å². The van der Waals surface area contributed by atoms with Gasteiger partial charge in [0.25, 0.3) is 0 Å². The topological polar surface area (TPSA) is 12.0 Å². The van der Waals surface area contributed by atoms with Gasteiger partial charge in [0.1, 0.15) is 0 Å². The molecule has 0 fully saturated rings. The van der Waals surface area contributed by atoms with Crippen molar-refractivity contribution < 1.29 is 0 Å². The largest absolute Gasteiger partial charge is 0.314 e. The summed E-state index contributed by atoms with van der Waals surface area (Å²) < 4.78 is 0. The number of hydrogen-bond acceptors (Lipinski definition) is 1. The zero-order valence-corrected chi connectivity index (χ0v) is 12.3. The SMILES string of the molecule is CCNC(CC)Cc1c(C)c(C)cc(C)c1C. The standard InChI is InChI=1S/C16H27N/c1-7-15(17-8-2)10-16-13(5)11(3)9-12(4)14(16)6/h9,15,17H,7-8,10H2,1-6H3. The van der Waals surface area contributed by atoms with Crippen LogP contribution in [0.25, 0.3) is 0 Å². The van der Waals surface area contributed by atoms with Gasteiger partial charge in [-0.15, -0.1) is 0 Å². The molecule has 0 amide bonds. The van der Waals surface area contributed by atoms with Gasteiger partial charge in [-0.2, -0.15) is 0 Å². The molecule has 1 aromatic carbocycles. The molecule has 17 heavy (non-hydrogen) atoms. The summed E-state index contributed by atoms with van der Waals surface area (Å²) in [5.41, 5.74) is 7.35. The van der Waals surface area contributed by atoms with E-state index in [2.05, 4.69) is 52.9 Å².